The Morgan fingerprint density at radius 1 is 1.07 bits per heavy atom. The molecule has 3 aromatic rings. The molecule has 1 aliphatic carbocycles. The van der Waals surface area contributed by atoms with Crippen molar-refractivity contribution in [1.29, 1.82) is 0 Å². The third kappa shape index (κ3) is 3.25. The molecule has 140 valence electrons. The fraction of sp³-hybridized carbons (Fsp3) is 0.217. The molecule has 5 heteroatoms. The molecule has 2 aromatic carbocycles. The first-order valence-electron chi connectivity index (χ1n) is 9.49. The van der Waals surface area contributed by atoms with Gasteiger partial charge in [0.15, 0.2) is 0 Å². The summed E-state index contributed by atoms with van der Waals surface area (Å²) >= 11 is 0. The van der Waals surface area contributed by atoms with Gasteiger partial charge in [0.25, 0.3) is 5.91 Å². The first-order valence-corrected chi connectivity index (χ1v) is 9.49. The van der Waals surface area contributed by atoms with Gasteiger partial charge in [0, 0.05) is 29.9 Å². The lowest BCUT2D eigenvalue weighted by Gasteiger charge is -2.12. The molecule has 0 saturated carbocycles. The summed E-state index contributed by atoms with van der Waals surface area (Å²) in [6.07, 6.45) is 3.34. The van der Waals surface area contributed by atoms with Gasteiger partial charge in [-0.3, -0.25) is 4.79 Å². The summed E-state index contributed by atoms with van der Waals surface area (Å²) in [5.74, 6) is 0.276. The van der Waals surface area contributed by atoms with Crippen LogP contribution in [0, 0.1) is 0 Å². The van der Waals surface area contributed by atoms with Crippen molar-refractivity contribution in [2.45, 2.75) is 18.9 Å². The lowest BCUT2D eigenvalue weighted by molar-refractivity contribution is 0.102. The van der Waals surface area contributed by atoms with Gasteiger partial charge >= 0.3 is 0 Å². The highest BCUT2D eigenvalue weighted by atomic mass is 16.5. The SMILES string of the molecule is O=C(Nc1ccc2c(c1)Cc1ccccc1-2)c1ccnc(OC2CCOC2)c1. The Morgan fingerprint density at radius 3 is 2.86 bits per heavy atom. The Kier molecular flexibility index (Phi) is 4.29. The van der Waals surface area contributed by atoms with Crippen LogP contribution in [0.4, 0.5) is 5.69 Å². The molecule has 0 spiro atoms. The number of pyridine rings is 1. The summed E-state index contributed by atoms with van der Waals surface area (Å²) in [6.45, 7) is 1.27. The maximum atomic E-state index is 12.7. The second kappa shape index (κ2) is 7.09. The number of rotatable bonds is 4. The highest BCUT2D eigenvalue weighted by Crippen LogP contribution is 2.37. The van der Waals surface area contributed by atoms with Gasteiger partial charge in [0.2, 0.25) is 5.88 Å². The molecular weight excluding hydrogens is 352 g/mol. The molecule has 5 rings (SSSR count). The van der Waals surface area contributed by atoms with E-state index in [1.807, 2.05) is 6.07 Å². The number of carbonyl (C=O) groups excluding carboxylic acids is 1. The maximum absolute atomic E-state index is 12.7. The lowest BCUT2D eigenvalue weighted by Crippen LogP contribution is -2.17. The number of nitrogens with one attached hydrogen (secondary N) is 1. The van der Waals surface area contributed by atoms with Gasteiger partial charge in [0.1, 0.15) is 6.10 Å². The van der Waals surface area contributed by atoms with E-state index in [9.17, 15) is 4.79 Å². The first-order chi connectivity index (χ1) is 13.8. The number of ether oxygens (including phenoxy) is 2. The molecule has 1 aliphatic heterocycles. The van der Waals surface area contributed by atoms with Crippen LogP contribution in [0.1, 0.15) is 27.9 Å². The molecule has 1 unspecified atom stereocenters. The second-order valence-electron chi connectivity index (χ2n) is 7.15. The zero-order chi connectivity index (χ0) is 18.9. The maximum Gasteiger partial charge on any atom is 0.255 e. The van der Waals surface area contributed by atoms with E-state index in [2.05, 4.69) is 46.7 Å². The Bertz CT molecular complexity index is 1040. The summed E-state index contributed by atoms with van der Waals surface area (Å²) in [4.78, 5) is 16.9. The van der Waals surface area contributed by atoms with Gasteiger partial charge in [-0.2, -0.15) is 0 Å². The van der Waals surface area contributed by atoms with Crippen LogP contribution >= 0.6 is 0 Å². The van der Waals surface area contributed by atoms with Crippen LogP contribution in [0.2, 0.25) is 0 Å². The number of benzene rings is 2. The Balaban J connectivity index is 1.32. The van der Waals surface area contributed by atoms with Crippen molar-refractivity contribution in [3.8, 4) is 17.0 Å². The van der Waals surface area contributed by atoms with Gasteiger partial charge in [-0.05, 0) is 46.9 Å². The van der Waals surface area contributed by atoms with Gasteiger partial charge in [-0.1, -0.05) is 30.3 Å². The molecule has 1 N–H and O–H groups in total. The highest BCUT2D eigenvalue weighted by molar-refractivity contribution is 6.04. The van der Waals surface area contributed by atoms with Gasteiger partial charge in [-0.25, -0.2) is 4.98 Å². The lowest BCUT2D eigenvalue weighted by atomic mass is 10.1. The first kappa shape index (κ1) is 17.0. The Morgan fingerprint density at radius 2 is 1.96 bits per heavy atom. The number of nitrogens with zero attached hydrogens (tertiary/aromatic N) is 1. The normalized spacial score (nSPS) is 17.1. The van der Waals surface area contributed by atoms with Crippen LogP contribution in [0.5, 0.6) is 5.88 Å². The van der Waals surface area contributed by atoms with E-state index < -0.39 is 0 Å². The standard InChI is InChI=1S/C23H20N2O3/c26-23(16-7-9-24-22(13-16)28-19-8-10-27-14-19)25-18-5-6-21-17(12-18)11-15-3-1-2-4-20(15)21/h1-7,9,12-13,19H,8,10-11,14H2,(H,25,26). The van der Waals surface area contributed by atoms with Gasteiger partial charge in [0.05, 0.1) is 13.2 Å². The zero-order valence-electron chi connectivity index (χ0n) is 15.4. The molecule has 2 aliphatic rings. The smallest absolute Gasteiger partial charge is 0.255 e. The molecule has 2 heterocycles. The van der Waals surface area contributed by atoms with Crippen molar-refractivity contribution in [1.82, 2.24) is 4.98 Å². The molecule has 5 nitrogen and oxygen atoms in total. The summed E-state index contributed by atoms with van der Waals surface area (Å²) < 4.78 is 11.1. The quantitative estimate of drug-likeness (QED) is 0.587. The number of aromatic nitrogens is 1. The molecule has 0 radical (unpaired) electrons. The van der Waals surface area contributed by atoms with Gasteiger partial charge in [-0.15, -0.1) is 0 Å². The Labute approximate surface area is 163 Å². The van der Waals surface area contributed by atoms with E-state index in [4.69, 9.17) is 9.47 Å². The zero-order valence-corrected chi connectivity index (χ0v) is 15.4. The predicted molar refractivity (Wildman–Crippen MR) is 107 cm³/mol. The van der Waals surface area contributed by atoms with Gasteiger partial charge < -0.3 is 14.8 Å². The summed E-state index contributed by atoms with van der Waals surface area (Å²) in [5.41, 5.74) is 6.40. The molecule has 1 amide bonds. The average Bonchev–Trinajstić information content (AvgIpc) is 3.35. The molecular formula is C23H20N2O3. The molecule has 1 aromatic heterocycles. The van der Waals surface area contributed by atoms with Crippen molar-refractivity contribution >= 4 is 11.6 Å². The van der Waals surface area contributed by atoms with Crippen molar-refractivity contribution in [3.05, 3.63) is 77.5 Å². The van der Waals surface area contributed by atoms with E-state index in [0.717, 1.165) is 18.5 Å². The molecule has 28 heavy (non-hydrogen) atoms. The van der Waals surface area contributed by atoms with E-state index in [-0.39, 0.29) is 12.0 Å². The minimum absolute atomic E-state index is 0.00385. The fourth-order valence-corrected chi connectivity index (χ4v) is 3.82. The van der Waals surface area contributed by atoms with Crippen LogP contribution in [0.15, 0.2) is 60.8 Å². The largest absolute Gasteiger partial charge is 0.472 e. The van der Waals surface area contributed by atoms with E-state index >= 15 is 0 Å². The topological polar surface area (TPSA) is 60.5 Å². The predicted octanol–water partition coefficient (Wildman–Crippen LogP) is 4.07. The van der Waals surface area contributed by atoms with Crippen LogP contribution in [0.25, 0.3) is 11.1 Å². The third-order valence-corrected chi connectivity index (χ3v) is 5.22. The number of hydrogen-bond donors (Lipinski definition) is 1. The van der Waals surface area contributed by atoms with E-state index in [1.165, 1.54) is 22.3 Å². The van der Waals surface area contributed by atoms with Crippen molar-refractivity contribution < 1.29 is 14.3 Å². The monoisotopic (exact) mass is 372 g/mol. The minimum atomic E-state index is -0.176. The second-order valence-corrected chi connectivity index (χ2v) is 7.15. The third-order valence-electron chi connectivity index (χ3n) is 5.22. The van der Waals surface area contributed by atoms with Crippen molar-refractivity contribution in [2.24, 2.45) is 0 Å². The van der Waals surface area contributed by atoms with Crippen LogP contribution < -0.4 is 10.1 Å². The number of hydrogen-bond acceptors (Lipinski definition) is 4. The highest BCUT2D eigenvalue weighted by Gasteiger charge is 2.20. The van der Waals surface area contributed by atoms with Crippen molar-refractivity contribution in [2.75, 3.05) is 18.5 Å². The molecule has 1 fully saturated rings. The Hall–Kier alpha value is -3.18. The van der Waals surface area contributed by atoms with Crippen molar-refractivity contribution in [3.63, 3.8) is 0 Å². The molecule has 1 saturated heterocycles. The number of fused-ring (bicyclic) bond motifs is 3. The van der Waals surface area contributed by atoms with E-state index in [0.29, 0.717) is 24.7 Å². The summed E-state index contributed by atoms with van der Waals surface area (Å²) in [6, 6.07) is 17.9. The minimum Gasteiger partial charge on any atom is -0.472 e. The van der Waals surface area contributed by atoms with Crippen LogP contribution in [-0.4, -0.2) is 30.2 Å². The van der Waals surface area contributed by atoms with E-state index in [1.54, 1.807) is 18.3 Å². The summed E-state index contributed by atoms with van der Waals surface area (Å²) in [7, 11) is 0. The number of anilines is 1. The number of carbonyl (C=O) groups is 1. The van der Waals surface area contributed by atoms with Crippen LogP contribution in [0.3, 0.4) is 0 Å². The van der Waals surface area contributed by atoms with Crippen LogP contribution in [-0.2, 0) is 11.2 Å². The average molecular weight is 372 g/mol. The summed E-state index contributed by atoms with van der Waals surface area (Å²) in [5, 5.41) is 2.99. The molecule has 1 atom stereocenters. The molecule has 0 bridgehead atoms. The fourth-order valence-electron chi connectivity index (χ4n) is 3.82. The number of amides is 1.